The topological polar surface area (TPSA) is 142 Å². The second-order valence-electron chi connectivity index (χ2n) is 41.5. The molecule has 0 unspecified atom stereocenters. The third-order valence-corrected chi connectivity index (χ3v) is 38.0. The maximum absolute atomic E-state index is 11.2. The van der Waals surface area contributed by atoms with E-state index < -0.39 is 5.60 Å². The molecule has 0 bridgehead atoms. The van der Waals surface area contributed by atoms with E-state index in [1.165, 1.54) is 205 Å². The molecule has 0 spiro atoms. The van der Waals surface area contributed by atoms with Gasteiger partial charge in [0.15, 0.2) is 0 Å². The van der Waals surface area contributed by atoms with E-state index in [1.54, 1.807) is 5.57 Å². The summed E-state index contributed by atoms with van der Waals surface area (Å²) in [5.41, 5.74) is 2.90. The molecule has 0 amide bonds. The van der Waals surface area contributed by atoms with Crippen LogP contribution in [0.2, 0.25) is 0 Å². The molecular weight excluding hydrogens is 1200 g/mol. The van der Waals surface area contributed by atoms with Gasteiger partial charge in [-0.15, -0.1) is 0 Å². The van der Waals surface area contributed by atoms with Crippen LogP contribution in [0.25, 0.3) is 0 Å². The molecule has 0 heterocycles. The smallest absolute Gasteiger partial charge is 0.0682 e. The summed E-state index contributed by atoms with van der Waals surface area (Å²) in [4.78, 5) is 0. The number of aliphatic hydroxyl groups excluding tert-OH is 4. The summed E-state index contributed by atoms with van der Waals surface area (Å²) in [5, 5.41) is 73.7. The highest BCUT2D eigenvalue weighted by molar-refractivity contribution is 5.27. The minimum absolute atomic E-state index is 0.0882. The number of fused-ring (bicyclic) bond motifs is 15. The van der Waals surface area contributed by atoms with Crippen LogP contribution in [0.15, 0.2) is 11.6 Å². The zero-order valence-electron chi connectivity index (χ0n) is 66.1. The van der Waals surface area contributed by atoms with Gasteiger partial charge in [0.1, 0.15) is 0 Å². The Hall–Kier alpha value is -0.540. The van der Waals surface area contributed by atoms with Crippen LogP contribution in [0.5, 0.6) is 0 Å². The first-order chi connectivity index (χ1) is 46.6. The van der Waals surface area contributed by atoms with Gasteiger partial charge in [0, 0.05) is 7.11 Å². The van der Waals surface area contributed by atoms with E-state index in [1.807, 2.05) is 0 Å². The Labute approximate surface area is 602 Å². The highest BCUT2D eigenvalue weighted by Crippen LogP contribution is 2.73. The number of allylic oxidation sites excluding steroid dienone is 1. The van der Waals surface area contributed by atoms with Crippen LogP contribution < -0.4 is 0 Å². The van der Waals surface area contributed by atoms with Crippen molar-refractivity contribution in [2.45, 2.75) is 401 Å². The largest absolute Gasteiger partial charge is 0.400 e. The zero-order valence-corrected chi connectivity index (χ0v) is 66.1. The Bertz CT molecular complexity index is 2510. The van der Waals surface area contributed by atoms with Crippen molar-refractivity contribution in [2.24, 2.45) is 151 Å². The molecule has 0 radical (unpaired) electrons. The van der Waals surface area contributed by atoms with E-state index >= 15 is 0 Å². The lowest BCUT2D eigenvalue weighted by atomic mass is 9.43. The highest BCUT2D eigenvalue weighted by Gasteiger charge is 2.65. The van der Waals surface area contributed by atoms with Gasteiger partial charge in [-0.25, -0.2) is 0 Å². The lowest BCUT2D eigenvalue weighted by molar-refractivity contribution is -0.154. The van der Waals surface area contributed by atoms with E-state index in [4.69, 9.17) is 5.11 Å². The molecule has 0 aromatic rings. The minimum Gasteiger partial charge on any atom is -0.400 e. The molecule has 7 N–H and O–H groups in total. The van der Waals surface area contributed by atoms with Crippen LogP contribution in [0.3, 0.4) is 0 Å². The SMILES string of the molecule is CC[C@]1(O)CC[C@@]2(C)C(=CC[C@H]3[C@@H]4CC[C@H]([C@H](C)[C@@H](O)CC5CCCC5)[C@@]4(C)CC[C@@H]32)C1.CC[C@]1(O)CC[C@@]2(C)[C@@H](CC[C@@H]3[C@@H]2CC[C@]2(C)[C@@H]([C@H](C)[C@@H](O)CC4CCCC4)CC[C@@H]32)C1.CC[C@]1(O)CC[C@@]2(C)[C@H](CC[C@@H]3[C@@H]2CC[C@]2(C)[C@@H]([C@H](C)[C@@H](O)CC4CCCC4)CC[C@@H]32)C1.CO. The molecule has 14 saturated carbocycles. The summed E-state index contributed by atoms with van der Waals surface area (Å²) in [6.45, 7) is 29.4. The zero-order chi connectivity index (χ0) is 70.2. The van der Waals surface area contributed by atoms with Crippen molar-refractivity contribution in [3.63, 3.8) is 0 Å². The molecule has 98 heavy (non-hydrogen) atoms. The first kappa shape index (κ1) is 77.1. The van der Waals surface area contributed by atoms with Crippen molar-refractivity contribution in [2.75, 3.05) is 7.11 Å². The van der Waals surface area contributed by atoms with Gasteiger partial charge in [0.05, 0.1) is 35.1 Å². The van der Waals surface area contributed by atoms with Gasteiger partial charge in [-0.2, -0.15) is 0 Å². The van der Waals surface area contributed by atoms with Crippen LogP contribution in [0.1, 0.15) is 366 Å². The second kappa shape index (κ2) is 30.3. The van der Waals surface area contributed by atoms with Gasteiger partial charge >= 0.3 is 0 Å². The van der Waals surface area contributed by atoms with E-state index in [0.29, 0.717) is 68.0 Å². The maximum atomic E-state index is 11.2. The van der Waals surface area contributed by atoms with Gasteiger partial charge in [0.2, 0.25) is 0 Å². The van der Waals surface area contributed by atoms with Crippen LogP contribution >= 0.6 is 0 Å². The summed E-state index contributed by atoms with van der Waals surface area (Å²) >= 11 is 0. The molecule has 14 fully saturated rings. The van der Waals surface area contributed by atoms with Crippen molar-refractivity contribution in [3.8, 4) is 0 Å². The molecule has 29 atom stereocenters. The predicted molar refractivity (Wildman–Crippen MR) is 405 cm³/mol. The Morgan fingerprint density at radius 3 is 1.04 bits per heavy atom. The van der Waals surface area contributed by atoms with Gasteiger partial charge < -0.3 is 35.7 Å². The molecule has 15 rings (SSSR count). The molecule has 0 saturated heterocycles. The summed E-state index contributed by atoms with van der Waals surface area (Å²) in [6, 6.07) is 0. The summed E-state index contributed by atoms with van der Waals surface area (Å²) in [7, 11) is 1.00. The summed E-state index contributed by atoms with van der Waals surface area (Å²) in [6.07, 6.45) is 57.5. The van der Waals surface area contributed by atoms with Crippen molar-refractivity contribution >= 4 is 0 Å². The van der Waals surface area contributed by atoms with E-state index in [-0.39, 0.29) is 29.5 Å². The Balaban J connectivity index is 0.000000138. The van der Waals surface area contributed by atoms with Crippen LogP contribution in [0, 0.1) is 151 Å². The lowest BCUT2D eigenvalue weighted by Gasteiger charge is -2.62. The van der Waals surface area contributed by atoms with Crippen LogP contribution in [-0.2, 0) is 0 Å². The molecule has 0 aromatic heterocycles. The highest BCUT2D eigenvalue weighted by atomic mass is 16.3. The second-order valence-corrected chi connectivity index (χ2v) is 41.5. The number of hydrogen-bond acceptors (Lipinski definition) is 7. The molecular formula is C91H158O7. The first-order valence-electron chi connectivity index (χ1n) is 44.0. The van der Waals surface area contributed by atoms with Gasteiger partial charge in [0.25, 0.3) is 0 Å². The number of rotatable bonds is 15. The summed E-state index contributed by atoms with van der Waals surface area (Å²) in [5.74, 6) is 15.0. The molecule has 0 aromatic carbocycles. The number of hydrogen-bond donors (Lipinski definition) is 7. The van der Waals surface area contributed by atoms with Crippen molar-refractivity contribution in [1.29, 1.82) is 0 Å². The molecule has 7 nitrogen and oxygen atoms in total. The molecule has 0 aliphatic heterocycles. The van der Waals surface area contributed by atoms with Crippen molar-refractivity contribution < 1.29 is 35.7 Å². The van der Waals surface area contributed by atoms with Crippen LogP contribution in [-0.4, -0.2) is 78.0 Å². The Morgan fingerprint density at radius 2 is 0.684 bits per heavy atom. The third kappa shape index (κ3) is 14.1. The van der Waals surface area contributed by atoms with Gasteiger partial charge in [-0.05, 0) is 356 Å². The summed E-state index contributed by atoms with van der Waals surface area (Å²) < 4.78 is 0. The number of aliphatic hydroxyl groups is 7. The van der Waals surface area contributed by atoms with E-state index in [9.17, 15) is 30.6 Å². The van der Waals surface area contributed by atoms with Crippen LogP contribution in [0.4, 0.5) is 0 Å². The monoisotopic (exact) mass is 1360 g/mol. The Kier molecular flexibility index (Phi) is 23.8. The molecule has 564 valence electrons. The predicted octanol–water partition coefficient (Wildman–Crippen LogP) is 21.6. The molecule has 15 aliphatic carbocycles. The normalized spacial score (nSPS) is 49.2. The third-order valence-electron chi connectivity index (χ3n) is 38.0. The quantitative estimate of drug-likeness (QED) is 0.0810. The van der Waals surface area contributed by atoms with Gasteiger partial charge in [-0.3, -0.25) is 0 Å². The molecule has 15 aliphatic rings. The van der Waals surface area contributed by atoms with E-state index in [2.05, 4.69) is 89.2 Å². The standard InChI is InChI=1S/2C30H52O2.C30H50O2.CH4O/c3*1-5-30(32)17-16-28(3)22(19-30)10-11-23-25-13-12-24(29(25,4)15-14-26(23)28)20(2)27(31)18-21-8-6-7-9-21;1-2/h2*20-27,31-32H,5-19H2,1-4H3;10,20-21,23-27,31-32H,5-9,11-19H2,1-4H3;2H,1H3/t20-,22+,23-,24+,25-,26-,27-,28-,29+,30-;20-,22-,23-,24+,25-,26-,27-,28-,29+,30-;20-,23-,24+,25-,26-,27-,28-,29+,30-;/m000./s1. The van der Waals surface area contributed by atoms with Crippen molar-refractivity contribution in [1.82, 2.24) is 0 Å². The van der Waals surface area contributed by atoms with E-state index in [0.717, 1.165) is 167 Å². The molecule has 7 heteroatoms. The fourth-order valence-corrected chi connectivity index (χ4v) is 31.2. The average Bonchev–Trinajstić information content (AvgIpc) is 1.39. The lowest BCUT2D eigenvalue weighted by Crippen LogP contribution is -2.56. The maximum Gasteiger partial charge on any atom is 0.0682 e. The van der Waals surface area contributed by atoms with Gasteiger partial charge in [-0.1, -0.05) is 172 Å². The first-order valence-corrected chi connectivity index (χ1v) is 44.0. The minimum atomic E-state index is -0.454. The Morgan fingerprint density at radius 1 is 0.357 bits per heavy atom. The fraction of sp³-hybridized carbons (Fsp3) is 0.978. The fourth-order valence-electron chi connectivity index (χ4n) is 31.2. The van der Waals surface area contributed by atoms with Crippen molar-refractivity contribution in [3.05, 3.63) is 11.6 Å². The average molecular weight is 1360 g/mol.